The number of non-ortho nitro benzene ring substituents is 1. The number of hydrogen-bond acceptors (Lipinski definition) is 4. The number of halogens is 3. The number of rotatable bonds is 3. The van der Waals surface area contributed by atoms with E-state index >= 15 is 0 Å². The van der Waals surface area contributed by atoms with Crippen LogP contribution in [0.15, 0.2) is 30.5 Å². The van der Waals surface area contributed by atoms with Gasteiger partial charge in [-0.25, -0.2) is 4.68 Å². The number of nitrogens with zero attached hydrogens (tertiary/aromatic N) is 4. The molecule has 6 nitrogen and oxygen atoms in total. The molecule has 0 aliphatic heterocycles. The van der Waals surface area contributed by atoms with Gasteiger partial charge in [-0.2, -0.15) is 18.3 Å². The molecule has 112 valence electrons. The van der Waals surface area contributed by atoms with E-state index in [4.69, 9.17) is 0 Å². The Balaban J connectivity index is 2.47. The van der Waals surface area contributed by atoms with Crippen molar-refractivity contribution >= 4 is 11.4 Å². The minimum Gasteiger partial charge on any atom is -0.375 e. The van der Waals surface area contributed by atoms with Crippen LogP contribution in [-0.4, -0.2) is 28.8 Å². The molecule has 0 fully saturated rings. The lowest BCUT2D eigenvalue weighted by atomic mass is 10.3. The third kappa shape index (κ3) is 2.96. The largest absolute Gasteiger partial charge is 0.437 e. The Morgan fingerprint density at radius 3 is 2.19 bits per heavy atom. The molecule has 0 amide bonds. The van der Waals surface area contributed by atoms with Gasteiger partial charge in [0.15, 0.2) is 5.69 Å². The summed E-state index contributed by atoms with van der Waals surface area (Å²) in [6.07, 6.45) is -3.35. The zero-order valence-electron chi connectivity index (χ0n) is 11.1. The zero-order chi connectivity index (χ0) is 15.8. The zero-order valence-corrected chi connectivity index (χ0v) is 11.1. The van der Waals surface area contributed by atoms with E-state index < -0.39 is 16.8 Å². The highest BCUT2D eigenvalue weighted by molar-refractivity contribution is 5.52. The average molecular weight is 300 g/mol. The number of alkyl halides is 3. The summed E-state index contributed by atoms with van der Waals surface area (Å²) < 4.78 is 39.8. The summed E-state index contributed by atoms with van der Waals surface area (Å²) in [6, 6.07) is 5.09. The lowest BCUT2D eigenvalue weighted by Gasteiger charge is -2.12. The molecule has 21 heavy (non-hydrogen) atoms. The van der Waals surface area contributed by atoms with Crippen molar-refractivity contribution in [1.29, 1.82) is 0 Å². The molecule has 0 saturated heterocycles. The van der Waals surface area contributed by atoms with Crippen LogP contribution in [0.3, 0.4) is 0 Å². The summed E-state index contributed by atoms with van der Waals surface area (Å²) in [4.78, 5) is 11.3. The summed E-state index contributed by atoms with van der Waals surface area (Å²) in [5, 5.41) is 14.1. The van der Waals surface area contributed by atoms with Gasteiger partial charge in [-0.1, -0.05) is 0 Å². The predicted molar refractivity (Wildman–Crippen MR) is 69.5 cm³/mol. The maximum absolute atomic E-state index is 12.9. The first-order valence-electron chi connectivity index (χ1n) is 5.79. The molecule has 0 atom stereocenters. The van der Waals surface area contributed by atoms with Gasteiger partial charge in [-0.3, -0.25) is 10.1 Å². The maximum atomic E-state index is 12.9. The summed E-state index contributed by atoms with van der Waals surface area (Å²) in [7, 11) is 2.96. The molecular weight excluding hydrogens is 289 g/mol. The van der Waals surface area contributed by atoms with Gasteiger partial charge in [0.2, 0.25) is 0 Å². The third-order valence-corrected chi connectivity index (χ3v) is 2.77. The van der Waals surface area contributed by atoms with Crippen LogP contribution < -0.4 is 4.90 Å². The van der Waals surface area contributed by atoms with Gasteiger partial charge in [0.1, 0.15) is 0 Å². The molecule has 0 aliphatic rings. The van der Waals surface area contributed by atoms with Crippen LogP contribution in [0.5, 0.6) is 0 Å². The van der Waals surface area contributed by atoms with Crippen LogP contribution in [0.25, 0.3) is 5.69 Å². The number of benzene rings is 1. The van der Waals surface area contributed by atoms with Crippen molar-refractivity contribution in [2.24, 2.45) is 0 Å². The molecule has 2 rings (SSSR count). The Kier molecular flexibility index (Phi) is 3.58. The Morgan fingerprint density at radius 1 is 1.24 bits per heavy atom. The number of nitro groups is 1. The van der Waals surface area contributed by atoms with Crippen LogP contribution >= 0.6 is 0 Å². The molecule has 0 radical (unpaired) electrons. The van der Waals surface area contributed by atoms with Crippen molar-refractivity contribution in [3.8, 4) is 5.69 Å². The van der Waals surface area contributed by atoms with Crippen molar-refractivity contribution < 1.29 is 18.1 Å². The minimum absolute atomic E-state index is 0.0825. The normalized spacial score (nSPS) is 11.5. The second-order valence-electron chi connectivity index (χ2n) is 4.47. The van der Waals surface area contributed by atoms with Crippen LogP contribution in [0, 0.1) is 10.1 Å². The third-order valence-electron chi connectivity index (χ3n) is 2.77. The standard InChI is InChI=1S/C12H11F3N4O2/c1-17(2)10-7-18(16-11(10)12(13,14)15)8-3-5-9(6-4-8)19(20)21/h3-7H,1-2H3. The molecule has 1 aromatic heterocycles. The highest BCUT2D eigenvalue weighted by Gasteiger charge is 2.38. The SMILES string of the molecule is CN(C)c1cn(-c2ccc([N+](=O)[O-])cc2)nc1C(F)(F)F. The Morgan fingerprint density at radius 2 is 1.81 bits per heavy atom. The van der Waals surface area contributed by atoms with Gasteiger partial charge in [0, 0.05) is 26.2 Å². The number of anilines is 1. The molecule has 0 unspecified atom stereocenters. The van der Waals surface area contributed by atoms with Gasteiger partial charge >= 0.3 is 6.18 Å². The smallest absolute Gasteiger partial charge is 0.375 e. The van der Waals surface area contributed by atoms with Crippen molar-refractivity contribution in [3.63, 3.8) is 0 Å². The molecule has 0 N–H and O–H groups in total. The minimum atomic E-state index is -4.58. The van der Waals surface area contributed by atoms with Crippen LogP contribution in [0.4, 0.5) is 24.5 Å². The quantitative estimate of drug-likeness (QED) is 0.646. The van der Waals surface area contributed by atoms with Crippen LogP contribution in [0.1, 0.15) is 5.69 Å². The first-order chi connectivity index (χ1) is 9.70. The first-order valence-corrected chi connectivity index (χ1v) is 5.79. The molecule has 0 saturated carbocycles. The van der Waals surface area contributed by atoms with Crippen LogP contribution in [0.2, 0.25) is 0 Å². The van der Waals surface area contributed by atoms with E-state index in [2.05, 4.69) is 5.10 Å². The molecule has 0 aliphatic carbocycles. The Labute approximate surface area is 117 Å². The maximum Gasteiger partial charge on any atom is 0.437 e. The van der Waals surface area contributed by atoms with E-state index in [1.807, 2.05) is 0 Å². The van der Waals surface area contributed by atoms with Gasteiger partial charge in [-0.15, -0.1) is 0 Å². The predicted octanol–water partition coefficient (Wildman–Crippen LogP) is 2.87. The molecular formula is C12H11F3N4O2. The Bertz CT molecular complexity index is 662. The summed E-state index contributed by atoms with van der Waals surface area (Å²) in [5.74, 6) is 0. The van der Waals surface area contributed by atoms with Gasteiger partial charge in [0.05, 0.1) is 22.5 Å². The molecule has 0 spiro atoms. The highest BCUT2D eigenvalue weighted by Crippen LogP contribution is 2.35. The van der Waals surface area contributed by atoms with E-state index in [9.17, 15) is 23.3 Å². The molecule has 9 heteroatoms. The van der Waals surface area contributed by atoms with Gasteiger partial charge in [-0.05, 0) is 12.1 Å². The molecule has 0 bridgehead atoms. The number of nitro benzene ring substituents is 1. The van der Waals surface area contributed by atoms with Crippen molar-refractivity contribution in [2.45, 2.75) is 6.18 Å². The lowest BCUT2D eigenvalue weighted by molar-refractivity contribution is -0.384. The lowest BCUT2D eigenvalue weighted by Crippen LogP contribution is -2.15. The average Bonchev–Trinajstić information content (AvgIpc) is 2.84. The second kappa shape index (κ2) is 5.08. The van der Waals surface area contributed by atoms with Gasteiger partial charge < -0.3 is 4.90 Å². The Hall–Kier alpha value is -2.58. The second-order valence-corrected chi connectivity index (χ2v) is 4.47. The fourth-order valence-electron chi connectivity index (χ4n) is 1.75. The van der Waals surface area contributed by atoms with Gasteiger partial charge in [0.25, 0.3) is 5.69 Å². The molecule has 1 aromatic carbocycles. The fourth-order valence-corrected chi connectivity index (χ4v) is 1.75. The van der Waals surface area contributed by atoms with Crippen molar-refractivity contribution in [3.05, 3.63) is 46.3 Å². The number of aromatic nitrogens is 2. The van der Waals surface area contributed by atoms with Crippen LogP contribution in [-0.2, 0) is 6.18 Å². The molecule has 1 heterocycles. The summed E-state index contributed by atoms with van der Waals surface area (Å²) in [6.45, 7) is 0. The summed E-state index contributed by atoms with van der Waals surface area (Å²) >= 11 is 0. The first kappa shape index (κ1) is 14.8. The van der Waals surface area contributed by atoms with Crippen molar-refractivity contribution in [1.82, 2.24) is 9.78 Å². The molecule has 2 aromatic rings. The summed E-state index contributed by atoms with van der Waals surface area (Å²) in [5.41, 5.74) is -0.930. The topological polar surface area (TPSA) is 64.2 Å². The van der Waals surface area contributed by atoms with E-state index in [1.165, 1.54) is 49.5 Å². The van der Waals surface area contributed by atoms with Crippen molar-refractivity contribution in [2.75, 3.05) is 19.0 Å². The van der Waals surface area contributed by atoms with E-state index in [0.29, 0.717) is 5.69 Å². The monoisotopic (exact) mass is 300 g/mol. The number of hydrogen-bond donors (Lipinski definition) is 0. The highest BCUT2D eigenvalue weighted by atomic mass is 19.4. The van der Waals surface area contributed by atoms with E-state index in [1.54, 1.807) is 0 Å². The van der Waals surface area contributed by atoms with E-state index in [-0.39, 0.29) is 11.4 Å². The van der Waals surface area contributed by atoms with E-state index in [0.717, 1.165) is 4.68 Å². The fraction of sp³-hybridized carbons (Fsp3) is 0.250.